The van der Waals surface area contributed by atoms with Crippen LogP contribution < -0.4 is 15.8 Å². The van der Waals surface area contributed by atoms with E-state index in [2.05, 4.69) is 26.0 Å². The maximum atomic E-state index is 12.1. The van der Waals surface area contributed by atoms with Gasteiger partial charge >= 0.3 is 6.36 Å². The van der Waals surface area contributed by atoms with Gasteiger partial charge in [0.2, 0.25) is 5.91 Å². The molecule has 0 saturated heterocycles. The minimum absolute atomic E-state index is 0.0584. The molecular formula is C12H14BrF3N2O3. The lowest BCUT2D eigenvalue weighted by Gasteiger charge is -2.14. The first-order valence-corrected chi connectivity index (χ1v) is 6.63. The average Bonchev–Trinajstić information content (AvgIpc) is 2.37. The predicted molar refractivity (Wildman–Crippen MR) is 73.9 cm³/mol. The highest BCUT2D eigenvalue weighted by atomic mass is 79.9. The van der Waals surface area contributed by atoms with Crippen LogP contribution in [0.2, 0.25) is 0 Å². The van der Waals surface area contributed by atoms with Gasteiger partial charge in [-0.1, -0.05) is 0 Å². The molecule has 5 nitrogen and oxygen atoms in total. The summed E-state index contributed by atoms with van der Waals surface area (Å²) in [6.45, 7) is 0.330. The van der Waals surface area contributed by atoms with E-state index in [-0.39, 0.29) is 4.47 Å². The monoisotopic (exact) mass is 370 g/mol. The summed E-state index contributed by atoms with van der Waals surface area (Å²) in [5.41, 5.74) is 5.93. The molecule has 21 heavy (non-hydrogen) atoms. The number of nitrogens with two attached hydrogens (primary N) is 1. The van der Waals surface area contributed by atoms with Crippen LogP contribution in [0.3, 0.4) is 0 Å². The minimum atomic E-state index is -4.78. The number of benzene rings is 1. The van der Waals surface area contributed by atoms with Crippen molar-refractivity contribution in [3.05, 3.63) is 22.7 Å². The molecule has 0 bridgehead atoms. The summed E-state index contributed by atoms with van der Waals surface area (Å²) in [4.78, 5) is 11.7. The summed E-state index contributed by atoms with van der Waals surface area (Å²) in [6, 6.07) is 2.90. The number of halogens is 4. The summed E-state index contributed by atoms with van der Waals surface area (Å²) in [6.07, 6.45) is -4.45. The highest BCUT2D eigenvalue weighted by Crippen LogP contribution is 2.32. The van der Waals surface area contributed by atoms with Crippen LogP contribution in [0.25, 0.3) is 0 Å². The van der Waals surface area contributed by atoms with E-state index < -0.39 is 24.1 Å². The van der Waals surface area contributed by atoms with E-state index in [1.165, 1.54) is 19.2 Å². The zero-order valence-electron chi connectivity index (χ0n) is 11.0. The lowest BCUT2D eigenvalue weighted by atomic mass is 10.2. The number of amides is 1. The summed E-state index contributed by atoms with van der Waals surface area (Å²) in [5.74, 6) is -0.854. The van der Waals surface area contributed by atoms with E-state index in [0.29, 0.717) is 18.7 Å². The van der Waals surface area contributed by atoms with Crippen molar-refractivity contribution >= 4 is 27.5 Å². The largest absolute Gasteiger partial charge is 0.573 e. The van der Waals surface area contributed by atoms with Crippen molar-refractivity contribution in [2.75, 3.05) is 19.0 Å². The molecule has 0 radical (unpaired) electrons. The van der Waals surface area contributed by atoms with Gasteiger partial charge in [-0.2, -0.15) is 0 Å². The molecule has 1 aromatic carbocycles. The molecule has 3 N–H and O–H groups in total. The summed E-state index contributed by atoms with van der Waals surface area (Å²) < 4.78 is 45.0. The number of hydrogen-bond acceptors (Lipinski definition) is 4. The Balaban J connectivity index is 2.69. The molecule has 1 amide bonds. The Morgan fingerprint density at radius 1 is 1.48 bits per heavy atom. The molecule has 0 saturated carbocycles. The molecular weight excluding hydrogens is 357 g/mol. The first-order valence-electron chi connectivity index (χ1n) is 5.83. The van der Waals surface area contributed by atoms with Crippen molar-refractivity contribution in [1.82, 2.24) is 0 Å². The van der Waals surface area contributed by atoms with Crippen LogP contribution in [0.15, 0.2) is 22.7 Å². The van der Waals surface area contributed by atoms with Crippen LogP contribution in [0.1, 0.15) is 6.42 Å². The number of carbonyl (C=O) groups is 1. The quantitative estimate of drug-likeness (QED) is 0.807. The third-order valence-corrected chi connectivity index (χ3v) is 3.01. The normalized spacial score (nSPS) is 12.9. The minimum Gasteiger partial charge on any atom is -0.405 e. The summed E-state index contributed by atoms with van der Waals surface area (Å²) >= 11 is 2.94. The van der Waals surface area contributed by atoms with Gasteiger partial charge in [0.25, 0.3) is 0 Å². The Hall–Kier alpha value is -1.32. The standard InChI is InChI=1S/C12H14BrF3N2O3/c1-20-5-4-9(17)11(19)18-7-2-3-10(8(13)6-7)21-12(14,15)16/h2-3,6,9H,4-5,17H2,1H3,(H,18,19). The third kappa shape index (κ3) is 6.32. The van der Waals surface area contributed by atoms with Gasteiger partial charge in [-0.15, -0.1) is 13.2 Å². The van der Waals surface area contributed by atoms with Crippen LogP contribution >= 0.6 is 15.9 Å². The van der Waals surface area contributed by atoms with Crippen LogP contribution in [-0.4, -0.2) is 32.0 Å². The number of rotatable bonds is 6. The predicted octanol–water partition coefficient (Wildman–Crippen LogP) is 2.65. The van der Waals surface area contributed by atoms with Gasteiger partial charge in [-0.05, 0) is 40.5 Å². The van der Waals surface area contributed by atoms with E-state index in [0.717, 1.165) is 6.07 Å². The number of hydrogen-bond donors (Lipinski definition) is 2. The fraction of sp³-hybridized carbons (Fsp3) is 0.417. The molecule has 0 aliphatic heterocycles. The van der Waals surface area contributed by atoms with Crippen LogP contribution in [0.4, 0.5) is 18.9 Å². The number of methoxy groups -OCH3 is 1. The SMILES string of the molecule is COCCC(N)C(=O)Nc1ccc(OC(F)(F)F)c(Br)c1. The van der Waals surface area contributed by atoms with Crippen LogP contribution in [0.5, 0.6) is 5.75 Å². The van der Waals surface area contributed by atoms with Gasteiger partial charge in [0, 0.05) is 19.4 Å². The second kappa shape index (κ2) is 7.62. The number of alkyl halides is 3. The Kier molecular flexibility index (Phi) is 6.43. The smallest absolute Gasteiger partial charge is 0.405 e. The molecule has 9 heteroatoms. The molecule has 1 unspecified atom stereocenters. The first kappa shape index (κ1) is 17.7. The molecule has 1 rings (SSSR count). The molecule has 0 fully saturated rings. The molecule has 118 valence electrons. The van der Waals surface area contributed by atoms with E-state index in [4.69, 9.17) is 10.5 Å². The van der Waals surface area contributed by atoms with Gasteiger partial charge in [0.1, 0.15) is 5.75 Å². The van der Waals surface area contributed by atoms with Gasteiger partial charge in [0.05, 0.1) is 10.5 Å². The molecule has 0 heterocycles. The maximum absolute atomic E-state index is 12.1. The van der Waals surface area contributed by atoms with Crippen molar-refractivity contribution in [2.24, 2.45) is 5.73 Å². The highest BCUT2D eigenvalue weighted by molar-refractivity contribution is 9.10. The number of carbonyl (C=O) groups excluding carboxylic acids is 1. The van der Waals surface area contributed by atoms with E-state index in [9.17, 15) is 18.0 Å². The number of ether oxygens (including phenoxy) is 2. The fourth-order valence-corrected chi connectivity index (χ4v) is 1.86. The van der Waals surface area contributed by atoms with Crippen molar-refractivity contribution < 1.29 is 27.4 Å². The molecule has 1 atom stereocenters. The number of nitrogens with one attached hydrogen (secondary N) is 1. The lowest BCUT2D eigenvalue weighted by Crippen LogP contribution is -2.36. The molecule has 0 spiro atoms. The zero-order chi connectivity index (χ0) is 16.0. The van der Waals surface area contributed by atoms with Gasteiger partial charge < -0.3 is 20.5 Å². The van der Waals surface area contributed by atoms with Gasteiger partial charge in [0.15, 0.2) is 0 Å². The van der Waals surface area contributed by atoms with Gasteiger partial charge in [-0.25, -0.2) is 0 Å². The van der Waals surface area contributed by atoms with Crippen molar-refractivity contribution in [2.45, 2.75) is 18.8 Å². The lowest BCUT2D eigenvalue weighted by molar-refractivity contribution is -0.274. The highest BCUT2D eigenvalue weighted by Gasteiger charge is 2.32. The van der Waals surface area contributed by atoms with Crippen molar-refractivity contribution in [3.63, 3.8) is 0 Å². The Bertz CT molecular complexity index is 497. The summed E-state index contributed by atoms with van der Waals surface area (Å²) in [5, 5.41) is 2.50. The zero-order valence-corrected chi connectivity index (χ0v) is 12.6. The maximum Gasteiger partial charge on any atom is 0.573 e. The van der Waals surface area contributed by atoms with Gasteiger partial charge in [-0.3, -0.25) is 4.79 Å². The second-order valence-corrected chi connectivity index (χ2v) is 4.92. The topological polar surface area (TPSA) is 73.6 Å². The van der Waals surface area contributed by atoms with Crippen molar-refractivity contribution in [3.8, 4) is 5.75 Å². The van der Waals surface area contributed by atoms with E-state index in [1.807, 2.05) is 0 Å². The summed E-state index contributed by atoms with van der Waals surface area (Å²) in [7, 11) is 1.49. The Morgan fingerprint density at radius 3 is 2.67 bits per heavy atom. The first-order chi connectivity index (χ1) is 9.73. The van der Waals surface area contributed by atoms with Crippen molar-refractivity contribution in [1.29, 1.82) is 0 Å². The van der Waals surface area contributed by atoms with Crippen LogP contribution in [0, 0.1) is 0 Å². The second-order valence-electron chi connectivity index (χ2n) is 4.07. The molecule has 1 aromatic rings. The van der Waals surface area contributed by atoms with E-state index in [1.54, 1.807) is 0 Å². The van der Waals surface area contributed by atoms with E-state index >= 15 is 0 Å². The molecule has 0 aliphatic rings. The third-order valence-electron chi connectivity index (χ3n) is 2.39. The van der Waals surface area contributed by atoms with Crippen LogP contribution in [-0.2, 0) is 9.53 Å². The average molecular weight is 371 g/mol. The Morgan fingerprint density at radius 2 is 2.14 bits per heavy atom. The molecule has 0 aliphatic carbocycles. The Labute approximate surface area is 127 Å². The molecule has 0 aromatic heterocycles. The number of anilines is 1. The fourth-order valence-electron chi connectivity index (χ4n) is 1.40.